The van der Waals surface area contributed by atoms with E-state index in [1.54, 1.807) is 18.1 Å². The number of carbonyl (C=O) groups excluding carboxylic acids is 1. The number of likely N-dealkylation sites (N-methyl/N-ethyl adjacent to an activating group) is 1. The highest BCUT2D eigenvalue weighted by Crippen LogP contribution is 2.37. The van der Waals surface area contributed by atoms with Crippen LogP contribution in [0.2, 0.25) is 0 Å². The zero-order valence-electron chi connectivity index (χ0n) is 20.5. The minimum absolute atomic E-state index is 0.529. The molecule has 4 aliphatic heterocycles. The average Bonchev–Trinajstić information content (AvgIpc) is 3.36. The Labute approximate surface area is 211 Å². The van der Waals surface area contributed by atoms with Gasteiger partial charge >= 0.3 is 0 Å². The van der Waals surface area contributed by atoms with Gasteiger partial charge in [-0.1, -0.05) is 30.3 Å². The third-order valence-corrected chi connectivity index (χ3v) is 7.03. The molecule has 0 radical (unpaired) electrons. The van der Waals surface area contributed by atoms with E-state index >= 15 is 0 Å². The highest BCUT2D eigenvalue weighted by Gasteiger charge is 2.30. The van der Waals surface area contributed by atoms with Crippen LogP contribution in [0.1, 0.15) is 12.5 Å². The Morgan fingerprint density at radius 1 is 1.00 bits per heavy atom. The van der Waals surface area contributed by atoms with Crippen molar-refractivity contribution in [2.45, 2.75) is 23.9 Å². The van der Waals surface area contributed by atoms with Gasteiger partial charge in [0.05, 0.1) is 0 Å². The van der Waals surface area contributed by atoms with Gasteiger partial charge in [-0.25, -0.2) is 8.70 Å². The normalized spacial score (nSPS) is 20.1. The number of fused-ring (bicyclic) bond motifs is 1. The van der Waals surface area contributed by atoms with Crippen molar-refractivity contribution in [1.82, 2.24) is 14.5 Å². The summed E-state index contributed by atoms with van der Waals surface area (Å²) in [5.74, 6) is 1.74. The number of aldehydes is 1. The molecule has 0 spiro atoms. The number of carbonyl (C=O) groups is 1. The number of hydrogen-bond acceptors (Lipinski definition) is 7. The Balaban J connectivity index is 0.000000159. The Morgan fingerprint density at radius 2 is 1.63 bits per heavy atom. The standard InChI is InChI=1S/C15H18N2O2S.C8H8O.C4H8FN/c1-16-7-11-9-17(10-12(11)8-16)20-13-2-3-14-15(6-13)19-5-4-18-14;9-7-6-8-4-2-1-3-5-8;1-4(5)2-6-3-4/h2-3,6H,4-5,7-10H2,1H3;1-5,7H,6H2;6H,2-3H2,1H3. The second-order valence-electron chi connectivity index (χ2n) is 9.45. The maximum atomic E-state index is 12.1. The molecule has 6 nitrogen and oxygen atoms in total. The van der Waals surface area contributed by atoms with Crippen LogP contribution in [0.25, 0.3) is 0 Å². The summed E-state index contributed by atoms with van der Waals surface area (Å²) in [6.45, 7) is 8.39. The van der Waals surface area contributed by atoms with Crippen LogP contribution in [0.3, 0.4) is 0 Å². The molecule has 0 amide bonds. The van der Waals surface area contributed by atoms with E-state index in [4.69, 9.17) is 9.47 Å². The lowest BCUT2D eigenvalue weighted by atomic mass is 10.0. The third kappa shape index (κ3) is 7.54. The van der Waals surface area contributed by atoms with Crippen molar-refractivity contribution in [3.8, 4) is 11.5 Å². The number of nitrogens with zero attached hydrogens (tertiary/aromatic N) is 2. The number of halogens is 1. The molecule has 1 N–H and O–H groups in total. The summed E-state index contributed by atoms with van der Waals surface area (Å²) in [5.41, 5.74) is 3.41. The molecule has 4 heterocycles. The number of nitrogens with one attached hydrogen (secondary N) is 1. The summed E-state index contributed by atoms with van der Waals surface area (Å²) in [6, 6.07) is 15.9. The minimum atomic E-state index is -0.889. The average molecular weight is 500 g/mol. The second kappa shape index (κ2) is 12.0. The van der Waals surface area contributed by atoms with E-state index in [1.165, 1.54) is 4.90 Å². The second-order valence-corrected chi connectivity index (χ2v) is 10.6. The first-order valence-corrected chi connectivity index (χ1v) is 12.8. The molecule has 2 aromatic carbocycles. The molecule has 0 saturated carbocycles. The molecule has 0 aromatic heterocycles. The molecular weight excluding hydrogens is 465 g/mol. The van der Waals surface area contributed by atoms with E-state index in [2.05, 4.69) is 33.7 Å². The van der Waals surface area contributed by atoms with Gasteiger partial charge in [-0.15, -0.1) is 0 Å². The highest BCUT2D eigenvalue weighted by atomic mass is 32.2. The van der Waals surface area contributed by atoms with Crippen LogP contribution in [0.15, 0.2) is 64.6 Å². The molecule has 1 saturated heterocycles. The topological polar surface area (TPSA) is 54.0 Å². The Hall–Kier alpha value is -2.39. The highest BCUT2D eigenvalue weighted by molar-refractivity contribution is 7.97. The maximum absolute atomic E-state index is 12.1. The minimum Gasteiger partial charge on any atom is -0.486 e. The number of hydrogen-bond donors (Lipinski definition) is 1. The number of ether oxygens (including phenoxy) is 2. The molecule has 0 atom stereocenters. The molecule has 1 fully saturated rings. The zero-order chi connectivity index (χ0) is 24.7. The molecule has 0 unspecified atom stereocenters. The first kappa shape index (κ1) is 25.7. The number of benzene rings is 2. The first-order chi connectivity index (χ1) is 16.9. The molecule has 6 rings (SSSR count). The summed E-state index contributed by atoms with van der Waals surface area (Å²) in [5, 5.41) is 2.83. The molecule has 2 aromatic rings. The van der Waals surface area contributed by atoms with E-state index in [1.807, 2.05) is 48.3 Å². The van der Waals surface area contributed by atoms with Gasteiger partial charge < -0.3 is 19.6 Å². The molecule has 0 bridgehead atoms. The van der Waals surface area contributed by atoms with Crippen molar-refractivity contribution in [2.24, 2.45) is 0 Å². The lowest BCUT2D eigenvalue weighted by molar-refractivity contribution is -0.107. The fourth-order valence-corrected chi connectivity index (χ4v) is 5.24. The van der Waals surface area contributed by atoms with Crippen LogP contribution in [-0.4, -0.2) is 80.7 Å². The Kier molecular flexibility index (Phi) is 8.83. The summed E-state index contributed by atoms with van der Waals surface area (Å²) >= 11 is 1.82. The van der Waals surface area contributed by atoms with E-state index in [9.17, 15) is 9.18 Å². The van der Waals surface area contributed by atoms with E-state index in [-0.39, 0.29) is 0 Å². The van der Waals surface area contributed by atoms with Crippen LogP contribution in [-0.2, 0) is 11.2 Å². The van der Waals surface area contributed by atoms with Crippen LogP contribution in [0, 0.1) is 0 Å². The number of alkyl halides is 1. The van der Waals surface area contributed by atoms with Gasteiger partial charge in [0.25, 0.3) is 0 Å². The van der Waals surface area contributed by atoms with Gasteiger partial charge in [-0.2, -0.15) is 0 Å². The fourth-order valence-electron chi connectivity index (χ4n) is 4.21. The van der Waals surface area contributed by atoms with Crippen molar-refractivity contribution >= 4 is 18.2 Å². The summed E-state index contributed by atoms with van der Waals surface area (Å²) in [7, 11) is 2.19. The largest absolute Gasteiger partial charge is 0.486 e. The molecule has 35 heavy (non-hydrogen) atoms. The van der Waals surface area contributed by atoms with Crippen molar-refractivity contribution in [3.63, 3.8) is 0 Å². The molecule has 8 heteroatoms. The smallest absolute Gasteiger partial charge is 0.162 e. The third-order valence-electron chi connectivity index (χ3n) is 6.05. The zero-order valence-corrected chi connectivity index (χ0v) is 21.3. The van der Waals surface area contributed by atoms with E-state index in [0.717, 1.165) is 49.5 Å². The van der Waals surface area contributed by atoms with Crippen LogP contribution in [0.4, 0.5) is 4.39 Å². The number of rotatable bonds is 4. The molecule has 188 valence electrons. The molecule has 0 aliphatic carbocycles. The van der Waals surface area contributed by atoms with Crippen LogP contribution < -0.4 is 14.8 Å². The predicted molar refractivity (Wildman–Crippen MR) is 138 cm³/mol. The van der Waals surface area contributed by atoms with Crippen molar-refractivity contribution in [3.05, 3.63) is 65.2 Å². The van der Waals surface area contributed by atoms with E-state index < -0.39 is 5.67 Å². The Morgan fingerprint density at radius 3 is 2.20 bits per heavy atom. The summed E-state index contributed by atoms with van der Waals surface area (Å²) in [6.07, 6.45) is 1.44. The monoisotopic (exact) mass is 499 g/mol. The predicted octanol–water partition coefficient (Wildman–Crippen LogP) is 3.77. The van der Waals surface area contributed by atoms with Gasteiger partial charge in [0.15, 0.2) is 11.5 Å². The SMILES string of the molecule is CC1(F)CNC1.CN1CC2=C(C1)CN(Sc1ccc3c(c1)OCCO3)C2.O=CCc1ccccc1. The molecule has 4 aliphatic rings. The van der Waals surface area contributed by atoms with Gasteiger partial charge in [0.2, 0.25) is 0 Å². The van der Waals surface area contributed by atoms with Gasteiger partial charge in [0, 0.05) is 50.6 Å². The van der Waals surface area contributed by atoms with Crippen LogP contribution >= 0.6 is 11.9 Å². The van der Waals surface area contributed by atoms with Crippen molar-refractivity contribution < 1.29 is 18.7 Å². The lowest BCUT2D eigenvalue weighted by Gasteiger charge is -2.30. The maximum Gasteiger partial charge on any atom is 0.162 e. The van der Waals surface area contributed by atoms with Crippen molar-refractivity contribution in [1.29, 1.82) is 0 Å². The fraction of sp³-hybridized carbons (Fsp3) is 0.444. The van der Waals surface area contributed by atoms with Gasteiger partial charge in [0.1, 0.15) is 25.2 Å². The summed E-state index contributed by atoms with van der Waals surface area (Å²) < 4.78 is 25.8. The van der Waals surface area contributed by atoms with Crippen LogP contribution in [0.5, 0.6) is 11.5 Å². The van der Waals surface area contributed by atoms with E-state index in [0.29, 0.717) is 32.7 Å². The van der Waals surface area contributed by atoms with Crippen molar-refractivity contribution in [2.75, 3.05) is 59.5 Å². The lowest BCUT2D eigenvalue weighted by Crippen LogP contribution is -2.53. The first-order valence-electron chi connectivity index (χ1n) is 12.0. The Bertz CT molecular complexity index is 1010. The quantitative estimate of drug-likeness (QED) is 0.391. The van der Waals surface area contributed by atoms with Gasteiger partial charge in [-0.05, 0) is 60.8 Å². The summed E-state index contributed by atoms with van der Waals surface area (Å²) in [4.78, 5) is 13.6. The molecular formula is C27H34FN3O3S. The van der Waals surface area contributed by atoms with Gasteiger partial charge in [-0.3, -0.25) is 4.90 Å².